The molecule has 0 fully saturated rings. The first-order valence-corrected chi connectivity index (χ1v) is 6.34. The molecule has 0 spiro atoms. The predicted molar refractivity (Wildman–Crippen MR) is 75.5 cm³/mol. The second-order valence-corrected chi connectivity index (χ2v) is 5.02. The topological polar surface area (TPSA) is 120 Å². The van der Waals surface area contributed by atoms with Gasteiger partial charge in [0.15, 0.2) is 5.84 Å². The molecule has 114 valence electrons. The number of amides is 4. The van der Waals surface area contributed by atoms with Crippen LogP contribution in [-0.4, -0.2) is 35.2 Å². The molecule has 2 aliphatic rings. The summed E-state index contributed by atoms with van der Waals surface area (Å²) in [6, 6.07) is 2.45. The number of aliphatic imine (C=N–C) groups is 1. The van der Waals surface area contributed by atoms with Crippen LogP contribution >= 0.6 is 0 Å². The van der Waals surface area contributed by atoms with Gasteiger partial charge in [-0.05, 0) is 37.1 Å². The summed E-state index contributed by atoms with van der Waals surface area (Å²) in [5.74, 6) is -1.32. The van der Waals surface area contributed by atoms with E-state index in [2.05, 4.69) is 15.2 Å². The molecule has 22 heavy (non-hydrogen) atoms. The predicted octanol–water partition coefficient (Wildman–Crippen LogP) is 0.526. The van der Waals surface area contributed by atoms with Gasteiger partial charge in [0.1, 0.15) is 0 Å². The minimum atomic E-state index is -2.16. The summed E-state index contributed by atoms with van der Waals surface area (Å²) in [4.78, 5) is 43.9. The largest absolute Gasteiger partial charge is 0.349 e. The van der Waals surface area contributed by atoms with Crippen molar-refractivity contribution >= 4 is 35.6 Å². The lowest BCUT2D eigenvalue weighted by atomic mass is 10.00. The van der Waals surface area contributed by atoms with Crippen LogP contribution in [0.3, 0.4) is 0 Å². The molecule has 0 aromatic heterocycles. The Labute approximate surface area is 124 Å². The van der Waals surface area contributed by atoms with E-state index in [4.69, 9.17) is 0 Å². The van der Waals surface area contributed by atoms with Gasteiger partial charge in [-0.2, -0.15) is 9.88 Å². The van der Waals surface area contributed by atoms with Gasteiger partial charge in [-0.1, -0.05) is 0 Å². The molecule has 2 heterocycles. The second-order valence-electron chi connectivity index (χ2n) is 5.02. The molecule has 3 rings (SSSR count). The molecule has 0 radical (unpaired) electrons. The molecule has 0 saturated carbocycles. The van der Waals surface area contributed by atoms with Gasteiger partial charge in [0.25, 0.3) is 5.91 Å². The zero-order chi connectivity index (χ0) is 16.1. The Kier molecular flexibility index (Phi) is 2.97. The summed E-state index contributed by atoms with van der Waals surface area (Å²) >= 11 is 0. The van der Waals surface area contributed by atoms with Gasteiger partial charge in [-0.25, -0.2) is 10.1 Å². The van der Waals surface area contributed by atoms with Crippen LogP contribution in [0.4, 0.5) is 16.2 Å². The Balaban J connectivity index is 2.29. The van der Waals surface area contributed by atoms with Crippen LogP contribution in [0.25, 0.3) is 0 Å². The van der Waals surface area contributed by atoms with Crippen LogP contribution < -0.4 is 15.5 Å². The lowest BCUT2D eigenvalue weighted by Crippen LogP contribution is -2.69. The van der Waals surface area contributed by atoms with Crippen molar-refractivity contribution in [1.82, 2.24) is 5.32 Å². The number of rotatable bonds is 2. The van der Waals surface area contributed by atoms with Gasteiger partial charge in [0.2, 0.25) is 6.41 Å². The van der Waals surface area contributed by atoms with Crippen molar-refractivity contribution in [3.05, 3.63) is 23.3 Å². The third-order valence-electron chi connectivity index (χ3n) is 3.72. The number of hydrogen-bond acceptors (Lipinski definition) is 6. The van der Waals surface area contributed by atoms with Gasteiger partial charge in [-0.3, -0.25) is 19.8 Å². The summed E-state index contributed by atoms with van der Waals surface area (Å²) in [5.41, 5.74) is 0.415. The van der Waals surface area contributed by atoms with Crippen molar-refractivity contribution in [2.24, 2.45) is 4.99 Å². The molecule has 0 bridgehead atoms. The quantitative estimate of drug-likeness (QED) is 0.416. The Hall–Kier alpha value is -2.78. The normalized spacial score (nSPS) is 23.0. The maximum atomic E-state index is 12.1. The minimum absolute atomic E-state index is 0.352. The van der Waals surface area contributed by atoms with Crippen LogP contribution in [0.1, 0.15) is 11.1 Å². The molecular formula is C13H12N4O5. The molecule has 1 atom stereocenters. The highest BCUT2D eigenvalue weighted by Crippen LogP contribution is 2.38. The number of anilines is 2. The van der Waals surface area contributed by atoms with E-state index < -0.39 is 17.7 Å². The number of aryl methyl sites for hydroxylation is 2. The summed E-state index contributed by atoms with van der Waals surface area (Å²) in [7, 11) is 0. The number of carbonyl (C=O) groups excluding carboxylic acids is 3. The van der Waals surface area contributed by atoms with Gasteiger partial charge in [-0.15, -0.1) is 0 Å². The number of nitrogens with one attached hydrogen (secondary N) is 2. The summed E-state index contributed by atoms with van der Waals surface area (Å²) in [6.07, 6.45) is 0.396. The maximum absolute atomic E-state index is 12.1. The number of nitrogens with zero attached hydrogens (tertiary/aromatic N) is 2. The zero-order valence-electron chi connectivity index (χ0n) is 11.7. The fourth-order valence-electron chi connectivity index (χ4n) is 2.44. The molecule has 9 heteroatoms. The van der Waals surface area contributed by atoms with E-state index in [1.807, 2.05) is 19.2 Å². The van der Waals surface area contributed by atoms with E-state index in [1.165, 1.54) is 0 Å². The smallest absolute Gasteiger partial charge is 0.339 e. The van der Waals surface area contributed by atoms with Gasteiger partial charge in [0.05, 0.1) is 11.4 Å². The molecule has 0 saturated heterocycles. The SMILES string of the molecule is Cc1cc2c(cc1C)N(C=O)C1=NC(=O)NC(=O)C1(OO)N2. The lowest BCUT2D eigenvalue weighted by molar-refractivity contribution is -0.284. The molecule has 1 aromatic carbocycles. The zero-order valence-corrected chi connectivity index (χ0v) is 11.7. The van der Waals surface area contributed by atoms with E-state index in [1.54, 1.807) is 12.1 Å². The Bertz CT molecular complexity index is 744. The third-order valence-corrected chi connectivity index (χ3v) is 3.72. The average Bonchev–Trinajstić information content (AvgIpc) is 2.47. The number of fused-ring (bicyclic) bond motifs is 2. The first-order valence-electron chi connectivity index (χ1n) is 6.34. The average molecular weight is 304 g/mol. The Morgan fingerprint density at radius 1 is 1.32 bits per heavy atom. The molecular weight excluding hydrogens is 292 g/mol. The van der Waals surface area contributed by atoms with Gasteiger partial charge < -0.3 is 5.32 Å². The number of imide groups is 1. The first kappa shape index (κ1) is 14.2. The fraction of sp³-hybridized carbons (Fsp3) is 0.231. The maximum Gasteiger partial charge on any atom is 0.349 e. The highest BCUT2D eigenvalue weighted by atomic mass is 17.1. The monoisotopic (exact) mass is 304 g/mol. The van der Waals surface area contributed by atoms with Crippen molar-refractivity contribution in [2.75, 3.05) is 10.2 Å². The third kappa shape index (κ3) is 1.73. The van der Waals surface area contributed by atoms with Crippen molar-refractivity contribution in [3.63, 3.8) is 0 Å². The van der Waals surface area contributed by atoms with Crippen LogP contribution in [0.2, 0.25) is 0 Å². The lowest BCUT2D eigenvalue weighted by Gasteiger charge is -2.41. The van der Waals surface area contributed by atoms with Crippen LogP contribution in [0, 0.1) is 13.8 Å². The first-order chi connectivity index (χ1) is 10.4. The fourth-order valence-corrected chi connectivity index (χ4v) is 2.44. The van der Waals surface area contributed by atoms with Gasteiger partial charge in [0, 0.05) is 0 Å². The minimum Gasteiger partial charge on any atom is -0.339 e. The molecule has 1 aromatic rings. The summed E-state index contributed by atoms with van der Waals surface area (Å²) < 4.78 is 0. The Morgan fingerprint density at radius 3 is 2.64 bits per heavy atom. The molecule has 4 amide bonds. The number of urea groups is 1. The number of amidine groups is 1. The van der Waals surface area contributed by atoms with Crippen LogP contribution in [-0.2, 0) is 14.5 Å². The van der Waals surface area contributed by atoms with Crippen LogP contribution in [0.15, 0.2) is 17.1 Å². The van der Waals surface area contributed by atoms with E-state index in [0.29, 0.717) is 17.8 Å². The number of hydrogen-bond donors (Lipinski definition) is 3. The molecule has 0 aliphatic carbocycles. The van der Waals surface area contributed by atoms with Crippen molar-refractivity contribution in [1.29, 1.82) is 0 Å². The standard InChI is InChI=1S/C13H12N4O5/c1-6-3-8-9(4-7(6)2)17(5-18)10-13(16-8,22-21)11(19)15-12(20)14-10/h3-5,16,21H,1-2H3,(H,15,19,20). The molecule has 2 aliphatic heterocycles. The summed E-state index contributed by atoms with van der Waals surface area (Å²) in [6.45, 7) is 3.70. The number of benzene rings is 1. The molecule has 3 N–H and O–H groups in total. The molecule has 9 nitrogen and oxygen atoms in total. The van der Waals surface area contributed by atoms with E-state index in [0.717, 1.165) is 16.0 Å². The molecule has 1 unspecified atom stereocenters. The van der Waals surface area contributed by atoms with Crippen molar-refractivity contribution in [2.45, 2.75) is 19.6 Å². The highest BCUT2D eigenvalue weighted by Gasteiger charge is 2.55. The van der Waals surface area contributed by atoms with E-state index >= 15 is 0 Å². The van der Waals surface area contributed by atoms with Crippen molar-refractivity contribution in [3.8, 4) is 0 Å². The van der Waals surface area contributed by atoms with Crippen molar-refractivity contribution < 1.29 is 24.5 Å². The summed E-state index contributed by atoms with van der Waals surface area (Å²) in [5, 5.41) is 13.9. The van der Waals surface area contributed by atoms with Crippen LogP contribution in [0.5, 0.6) is 0 Å². The van der Waals surface area contributed by atoms with E-state index in [9.17, 15) is 19.6 Å². The van der Waals surface area contributed by atoms with Gasteiger partial charge >= 0.3 is 11.8 Å². The Morgan fingerprint density at radius 2 is 2.00 bits per heavy atom. The second kappa shape index (κ2) is 4.61. The van der Waals surface area contributed by atoms with E-state index in [-0.39, 0.29) is 5.84 Å². The highest BCUT2D eigenvalue weighted by molar-refractivity contribution is 6.32. The number of carbonyl (C=O) groups is 3.